The SMILES string of the molecule is CC(NC(=O)COC(=O)COc1cccc(Br)c1)c1ccccc1. The Morgan fingerprint density at radius 3 is 2.54 bits per heavy atom. The van der Waals surface area contributed by atoms with Crippen molar-refractivity contribution in [1.82, 2.24) is 5.32 Å². The topological polar surface area (TPSA) is 64.6 Å². The Morgan fingerprint density at radius 2 is 1.83 bits per heavy atom. The molecule has 1 atom stereocenters. The van der Waals surface area contributed by atoms with Gasteiger partial charge in [-0.2, -0.15) is 0 Å². The van der Waals surface area contributed by atoms with Crippen LogP contribution in [0.15, 0.2) is 59.1 Å². The molecular formula is C18H18BrNO4. The Hall–Kier alpha value is -2.34. The molecule has 1 amide bonds. The minimum Gasteiger partial charge on any atom is -0.482 e. The van der Waals surface area contributed by atoms with Gasteiger partial charge in [0.05, 0.1) is 6.04 Å². The smallest absolute Gasteiger partial charge is 0.344 e. The maximum atomic E-state index is 11.8. The molecule has 0 radical (unpaired) electrons. The van der Waals surface area contributed by atoms with E-state index in [4.69, 9.17) is 9.47 Å². The molecule has 1 N–H and O–H groups in total. The minimum atomic E-state index is -0.600. The molecule has 0 spiro atoms. The molecule has 0 saturated heterocycles. The first-order valence-electron chi connectivity index (χ1n) is 7.43. The number of benzene rings is 2. The number of ether oxygens (including phenoxy) is 2. The van der Waals surface area contributed by atoms with Gasteiger partial charge in [0.1, 0.15) is 5.75 Å². The van der Waals surface area contributed by atoms with E-state index in [0.29, 0.717) is 5.75 Å². The highest BCUT2D eigenvalue weighted by Gasteiger charge is 2.12. The Kier molecular flexibility index (Phi) is 6.81. The molecule has 2 aromatic rings. The Balaban J connectivity index is 1.70. The number of carbonyl (C=O) groups excluding carboxylic acids is 2. The minimum absolute atomic E-state index is 0.157. The second kappa shape index (κ2) is 9.08. The zero-order chi connectivity index (χ0) is 17.4. The molecule has 1 unspecified atom stereocenters. The van der Waals surface area contributed by atoms with Gasteiger partial charge in [-0.15, -0.1) is 0 Å². The summed E-state index contributed by atoms with van der Waals surface area (Å²) in [7, 11) is 0. The number of amides is 1. The molecule has 5 nitrogen and oxygen atoms in total. The van der Waals surface area contributed by atoms with Crippen LogP contribution in [0.25, 0.3) is 0 Å². The Labute approximate surface area is 149 Å². The van der Waals surface area contributed by atoms with Crippen molar-refractivity contribution in [2.45, 2.75) is 13.0 Å². The second-order valence-electron chi connectivity index (χ2n) is 5.11. The number of carbonyl (C=O) groups is 2. The van der Waals surface area contributed by atoms with Crippen molar-refractivity contribution in [2.75, 3.05) is 13.2 Å². The van der Waals surface area contributed by atoms with Crippen molar-refractivity contribution in [2.24, 2.45) is 0 Å². The van der Waals surface area contributed by atoms with Crippen LogP contribution in [-0.4, -0.2) is 25.1 Å². The van der Waals surface area contributed by atoms with Crippen LogP contribution in [0.5, 0.6) is 5.75 Å². The van der Waals surface area contributed by atoms with Gasteiger partial charge in [-0.05, 0) is 30.7 Å². The van der Waals surface area contributed by atoms with E-state index >= 15 is 0 Å². The summed E-state index contributed by atoms with van der Waals surface area (Å²) in [6, 6.07) is 16.5. The van der Waals surface area contributed by atoms with Gasteiger partial charge in [-0.3, -0.25) is 4.79 Å². The van der Waals surface area contributed by atoms with Gasteiger partial charge in [0.2, 0.25) is 0 Å². The van der Waals surface area contributed by atoms with Gasteiger partial charge in [0.15, 0.2) is 13.2 Å². The molecule has 0 aliphatic carbocycles. The van der Waals surface area contributed by atoms with E-state index in [2.05, 4.69) is 21.2 Å². The van der Waals surface area contributed by atoms with Crippen molar-refractivity contribution >= 4 is 27.8 Å². The van der Waals surface area contributed by atoms with E-state index in [1.165, 1.54) is 0 Å². The van der Waals surface area contributed by atoms with Crippen molar-refractivity contribution in [3.63, 3.8) is 0 Å². The first-order chi connectivity index (χ1) is 11.5. The van der Waals surface area contributed by atoms with Gasteiger partial charge in [-0.1, -0.05) is 52.3 Å². The highest BCUT2D eigenvalue weighted by molar-refractivity contribution is 9.10. The normalized spacial score (nSPS) is 11.4. The van der Waals surface area contributed by atoms with Gasteiger partial charge < -0.3 is 14.8 Å². The van der Waals surface area contributed by atoms with Crippen molar-refractivity contribution in [1.29, 1.82) is 0 Å². The second-order valence-corrected chi connectivity index (χ2v) is 6.02. The van der Waals surface area contributed by atoms with Crippen molar-refractivity contribution in [3.8, 4) is 5.75 Å². The van der Waals surface area contributed by atoms with Crippen LogP contribution in [0.1, 0.15) is 18.5 Å². The summed E-state index contributed by atoms with van der Waals surface area (Å²) in [6.45, 7) is 1.28. The third-order valence-electron chi connectivity index (χ3n) is 3.19. The van der Waals surface area contributed by atoms with E-state index in [0.717, 1.165) is 10.0 Å². The highest BCUT2D eigenvalue weighted by atomic mass is 79.9. The third kappa shape index (κ3) is 6.04. The molecule has 0 aliphatic heterocycles. The monoisotopic (exact) mass is 391 g/mol. The molecule has 0 aromatic heterocycles. The highest BCUT2D eigenvalue weighted by Crippen LogP contribution is 2.17. The molecule has 126 valence electrons. The van der Waals surface area contributed by atoms with Crippen LogP contribution in [0.2, 0.25) is 0 Å². The summed E-state index contributed by atoms with van der Waals surface area (Å²) in [5.41, 5.74) is 0.982. The summed E-state index contributed by atoms with van der Waals surface area (Å²) >= 11 is 3.31. The van der Waals surface area contributed by atoms with Crippen LogP contribution in [-0.2, 0) is 14.3 Å². The molecular weight excluding hydrogens is 374 g/mol. The summed E-state index contributed by atoms with van der Waals surface area (Å²) in [4.78, 5) is 23.4. The van der Waals surface area contributed by atoms with Crippen LogP contribution in [0, 0.1) is 0 Å². The van der Waals surface area contributed by atoms with Gasteiger partial charge >= 0.3 is 5.97 Å². The number of esters is 1. The molecule has 6 heteroatoms. The number of hydrogen-bond donors (Lipinski definition) is 1. The lowest BCUT2D eigenvalue weighted by Crippen LogP contribution is -2.31. The molecule has 0 heterocycles. The average molecular weight is 392 g/mol. The lowest BCUT2D eigenvalue weighted by molar-refractivity contribution is -0.150. The fraction of sp³-hybridized carbons (Fsp3) is 0.222. The predicted molar refractivity (Wildman–Crippen MR) is 93.6 cm³/mol. The first-order valence-corrected chi connectivity index (χ1v) is 8.22. The van der Waals surface area contributed by atoms with Crippen molar-refractivity contribution in [3.05, 3.63) is 64.6 Å². The van der Waals surface area contributed by atoms with Crippen LogP contribution in [0.3, 0.4) is 0 Å². The summed E-state index contributed by atoms with van der Waals surface area (Å²) in [6.07, 6.45) is 0. The lowest BCUT2D eigenvalue weighted by Gasteiger charge is -2.14. The number of halogens is 1. The van der Waals surface area contributed by atoms with Crippen LogP contribution < -0.4 is 10.1 Å². The Morgan fingerprint density at radius 1 is 1.08 bits per heavy atom. The fourth-order valence-corrected chi connectivity index (χ4v) is 2.37. The van der Waals surface area contributed by atoms with Gasteiger partial charge in [-0.25, -0.2) is 4.79 Å². The van der Waals surface area contributed by atoms with E-state index in [1.54, 1.807) is 18.2 Å². The Bertz CT molecular complexity index is 690. The molecule has 0 bridgehead atoms. The fourth-order valence-electron chi connectivity index (χ4n) is 1.99. The quantitative estimate of drug-likeness (QED) is 0.735. The average Bonchev–Trinajstić information content (AvgIpc) is 2.59. The number of rotatable bonds is 7. The summed E-state index contributed by atoms with van der Waals surface area (Å²) < 4.78 is 11.0. The van der Waals surface area contributed by atoms with Gasteiger partial charge in [0.25, 0.3) is 5.91 Å². The molecule has 0 fully saturated rings. The predicted octanol–water partition coefficient (Wildman–Crippen LogP) is 3.25. The molecule has 2 aromatic carbocycles. The zero-order valence-electron chi connectivity index (χ0n) is 13.2. The zero-order valence-corrected chi connectivity index (χ0v) is 14.8. The summed E-state index contributed by atoms with van der Waals surface area (Å²) in [5, 5.41) is 2.77. The standard InChI is InChI=1S/C18H18BrNO4/c1-13(14-6-3-2-4-7-14)20-17(21)11-24-18(22)12-23-16-9-5-8-15(19)10-16/h2-10,13H,11-12H2,1H3,(H,20,21). The maximum Gasteiger partial charge on any atom is 0.344 e. The number of hydrogen-bond acceptors (Lipinski definition) is 4. The van der Waals surface area contributed by atoms with E-state index in [-0.39, 0.29) is 25.2 Å². The molecule has 24 heavy (non-hydrogen) atoms. The first kappa shape index (κ1) is 18.0. The number of nitrogens with one attached hydrogen (secondary N) is 1. The molecule has 2 rings (SSSR count). The van der Waals surface area contributed by atoms with E-state index in [9.17, 15) is 9.59 Å². The van der Waals surface area contributed by atoms with Crippen LogP contribution >= 0.6 is 15.9 Å². The lowest BCUT2D eigenvalue weighted by atomic mass is 10.1. The maximum absolute atomic E-state index is 11.8. The largest absolute Gasteiger partial charge is 0.482 e. The van der Waals surface area contributed by atoms with Crippen LogP contribution in [0.4, 0.5) is 0 Å². The van der Waals surface area contributed by atoms with E-state index in [1.807, 2.05) is 43.3 Å². The molecule has 0 saturated carbocycles. The summed E-state index contributed by atoms with van der Waals surface area (Å²) in [5.74, 6) is -0.414. The van der Waals surface area contributed by atoms with Gasteiger partial charge in [0, 0.05) is 4.47 Å². The van der Waals surface area contributed by atoms with E-state index < -0.39 is 5.97 Å². The third-order valence-corrected chi connectivity index (χ3v) is 3.69. The van der Waals surface area contributed by atoms with Crippen molar-refractivity contribution < 1.29 is 19.1 Å². The molecule has 0 aliphatic rings.